The van der Waals surface area contributed by atoms with Crippen molar-refractivity contribution >= 4 is 11.9 Å². The van der Waals surface area contributed by atoms with Crippen molar-refractivity contribution in [1.29, 1.82) is 0 Å². The summed E-state index contributed by atoms with van der Waals surface area (Å²) in [4.78, 5) is 28.9. The number of aliphatic carboxylic acids is 1. The van der Waals surface area contributed by atoms with E-state index in [1.54, 1.807) is 0 Å². The number of hydrogen-bond donors (Lipinski definition) is 4. The van der Waals surface area contributed by atoms with E-state index < -0.39 is 12.0 Å². The molecule has 0 unspecified atom stereocenters. The Hall–Kier alpha value is -1.22. The molecule has 194 valence electrons. The second-order valence-corrected chi connectivity index (χ2v) is 11.1. The summed E-state index contributed by atoms with van der Waals surface area (Å²) >= 11 is 0. The summed E-state index contributed by atoms with van der Waals surface area (Å²) in [6, 6.07) is -0.315. The number of nitrogens with zero attached hydrogens (tertiary/aromatic N) is 2. The molecule has 1 saturated heterocycles. The van der Waals surface area contributed by atoms with Crippen LogP contribution in [0.15, 0.2) is 0 Å². The molecule has 1 rings (SSSR count). The standard InChI is InChI=1S/C25H51N5O3/c1-18(2)12-21(15-27-23(25(32)33)14-20(5)6)26-16-22(13-19(3)4)28-24(31)17-30-10-8-29(7)9-11-30/h18-23,26-27H,8-17H2,1-7H3,(H,28,31)(H,32,33)/t21-,22-,23-/m0/s1. The summed E-state index contributed by atoms with van der Waals surface area (Å²) < 4.78 is 0. The Balaban J connectivity index is 2.63. The third-order valence-corrected chi connectivity index (χ3v) is 6.11. The molecule has 1 heterocycles. The van der Waals surface area contributed by atoms with Gasteiger partial charge in [0, 0.05) is 51.4 Å². The van der Waals surface area contributed by atoms with Gasteiger partial charge in [0.2, 0.25) is 5.91 Å². The highest BCUT2D eigenvalue weighted by Crippen LogP contribution is 2.10. The van der Waals surface area contributed by atoms with E-state index in [2.05, 4.69) is 60.5 Å². The Morgan fingerprint density at radius 3 is 1.82 bits per heavy atom. The number of likely N-dealkylation sites (N-methyl/N-ethyl adjacent to an activating group) is 1. The van der Waals surface area contributed by atoms with Crippen molar-refractivity contribution in [1.82, 2.24) is 25.8 Å². The highest BCUT2D eigenvalue weighted by atomic mass is 16.4. The first-order valence-electron chi connectivity index (χ1n) is 12.9. The molecule has 0 aromatic heterocycles. The van der Waals surface area contributed by atoms with Gasteiger partial charge in [-0.15, -0.1) is 0 Å². The fraction of sp³-hybridized carbons (Fsp3) is 0.920. The van der Waals surface area contributed by atoms with Crippen LogP contribution in [0.4, 0.5) is 0 Å². The molecule has 0 aromatic carbocycles. The molecule has 0 radical (unpaired) electrons. The summed E-state index contributed by atoms with van der Waals surface area (Å²) in [5, 5.41) is 19.7. The number of carbonyl (C=O) groups excluding carboxylic acids is 1. The fourth-order valence-corrected chi connectivity index (χ4v) is 4.39. The first kappa shape index (κ1) is 29.8. The largest absolute Gasteiger partial charge is 0.480 e. The van der Waals surface area contributed by atoms with Crippen LogP contribution >= 0.6 is 0 Å². The lowest BCUT2D eigenvalue weighted by atomic mass is 10.00. The Kier molecular flexibility index (Phi) is 14.1. The quantitative estimate of drug-likeness (QED) is 0.274. The Morgan fingerprint density at radius 1 is 0.788 bits per heavy atom. The molecule has 1 aliphatic heterocycles. The van der Waals surface area contributed by atoms with Gasteiger partial charge in [-0.05, 0) is 44.1 Å². The van der Waals surface area contributed by atoms with Crippen LogP contribution in [0, 0.1) is 17.8 Å². The Morgan fingerprint density at radius 2 is 1.30 bits per heavy atom. The number of hydrogen-bond acceptors (Lipinski definition) is 6. The molecule has 0 spiro atoms. The summed E-state index contributed by atoms with van der Waals surface area (Å²) in [5.74, 6) is 0.591. The lowest BCUT2D eigenvalue weighted by molar-refractivity contribution is -0.140. The maximum atomic E-state index is 12.7. The summed E-state index contributed by atoms with van der Waals surface area (Å²) in [7, 11) is 2.12. The van der Waals surface area contributed by atoms with Gasteiger partial charge >= 0.3 is 5.97 Å². The molecule has 1 fully saturated rings. The second-order valence-electron chi connectivity index (χ2n) is 11.1. The predicted octanol–water partition coefficient (Wildman–Crippen LogP) is 1.86. The number of nitrogens with one attached hydrogen (secondary N) is 3. The highest BCUT2D eigenvalue weighted by Gasteiger charge is 2.23. The van der Waals surface area contributed by atoms with Crippen molar-refractivity contribution in [2.45, 2.75) is 78.9 Å². The van der Waals surface area contributed by atoms with Gasteiger partial charge in [0.05, 0.1) is 6.54 Å². The van der Waals surface area contributed by atoms with Crippen LogP contribution in [-0.4, -0.2) is 97.8 Å². The number of piperazine rings is 1. The normalized spacial score (nSPS) is 18.6. The van der Waals surface area contributed by atoms with Gasteiger partial charge in [0.1, 0.15) is 6.04 Å². The lowest BCUT2D eigenvalue weighted by Crippen LogP contribution is -2.53. The molecule has 0 saturated carbocycles. The van der Waals surface area contributed by atoms with Gasteiger partial charge < -0.3 is 26.0 Å². The van der Waals surface area contributed by atoms with Gasteiger partial charge in [-0.3, -0.25) is 14.5 Å². The third-order valence-electron chi connectivity index (χ3n) is 6.11. The van der Waals surface area contributed by atoms with Crippen molar-refractivity contribution in [2.24, 2.45) is 17.8 Å². The maximum absolute atomic E-state index is 12.7. The Bertz CT molecular complexity index is 562. The smallest absolute Gasteiger partial charge is 0.320 e. The number of rotatable bonds is 16. The zero-order valence-corrected chi connectivity index (χ0v) is 22.2. The topological polar surface area (TPSA) is 96.9 Å². The monoisotopic (exact) mass is 469 g/mol. The maximum Gasteiger partial charge on any atom is 0.320 e. The minimum Gasteiger partial charge on any atom is -0.480 e. The predicted molar refractivity (Wildman–Crippen MR) is 135 cm³/mol. The van der Waals surface area contributed by atoms with Gasteiger partial charge in [0.15, 0.2) is 0 Å². The lowest BCUT2D eigenvalue weighted by Gasteiger charge is -2.32. The third kappa shape index (κ3) is 13.9. The zero-order valence-electron chi connectivity index (χ0n) is 22.2. The van der Waals surface area contributed by atoms with Crippen LogP contribution in [0.25, 0.3) is 0 Å². The summed E-state index contributed by atoms with van der Waals surface area (Å²) in [6.07, 6.45) is 2.47. The van der Waals surface area contributed by atoms with E-state index in [1.165, 1.54) is 0 Å². The minimum absolute atomic E-state index is 0.0607. The molecular formula is C25H51N5O3. The van der Waals surface area contributed by atoms with Crippen LogP contribution in [0.2, 0.25) is 0 Å². The van der Waals surface area contributed by atoms with Crippen LogP contribution < -0.4 is 16.0 Å². The molecule has 0 aliphatic carbocycles. The van der Waals surface area contributed by atoms with Crippen LogP contribution in [0.5, 0.6) is 0 Å². The SMILES string of the molecule is CC(C)C[C@@H](CN[C@@H](CC(C)C)C(=O)O)NC[C@H](CC(C)C)NC(=O)CN1CCN(C)CC1. The molecule has 8 heteroatoms. The summed E-state index contributed by atoms with van der Waals surface area (Å²) in [5.41, 5.74) is 0. The molecule has 4 N–H and O–H groups in total. The van der Waals surface area contributed by atoms with Gasteiger partial charge in [-0.25, -0.2) is 0 Å². The van der Waals surface area contributed by atoms with Crippen molar-refractivity contribution in [2.75, 3.05) is 52.9 Å². The number of amides is 1. The van der Waals surface area contributed by atoms with E-state index in [-0.39, 0.29) is 18.0 Å². The van der Waals surface area contributed by atoms with E-state index in [0.717, 1.165) is 39.0 Å². The molecule has 0 bridgehead atoms. The molecule has 1 aliphatic rings. The summed E-state index contributed by atoms with van der Waals surface area (Å²) in [6.45, 7) is 18.4. The van der Waals surface area contributed by atoms with E-state index in [4.69, 9.17) is 0 Å². The average Bonchev–Trinajstić information content (AvgIpc) is 2.69. The van der Waals surface area contributed by atoms with E-state index >= 15 is 0 Å². The molecule has 0 aromatic rings. The zero-order chi connectivity index (χ0) is 25.0. The number of carboxylic acids is 1. The van der Waals surface area contributed by atoms with Crippen LogP contribution in [0.1, 0.15) is 60.8 Å². The van der Waals surface area contributed by atoms with Crippen molar-refractivity contribution in [3.8, 4) is 0 Å². The van der Waals surface area contributed by atoms with Gasteiger partial charge in [-0.1, -0.05) is 41.5 Å². The van der Waals surface area contributed by atoms with E-state index in [1.807, 2.05) is 13.8 Å². The van der Waals surface area contributed by atoms with E-state index in [0.29, 0.717) is 43.8 Å². The highest BCUT2D eigenvalue weighted by molar-refractivity contribution is 5.78. The first-order chi connectivity index (χ1) is 15.5. The number of carboxylic acid groups (broad SMARTS) is 1. The molecule has 3 atom stereocenters. The fourth-order valence-electron chi connectivity index (χ4n) is 4.39. The second kappa shape index (κ2) is 15.6. The first-order valence-corrected chi connectivity index (χ1v) is 12.9. The minimum atomic E-state index is -0.791. The van der Waals surface area contributed by atoms with Crippen LogP contribution in [-0.2, 0) is 9.59 Å². The van der Waals surface area contributed by atoms with Crippen molar-refractivity contribution in [3.05, 3.63) is 0 Å². The van der Waals surface area contributed by atoms with Crippen LogP contribution in [0.3, 0.4) is 0 Å². The average molecular weight is 470 g/mol. The van der Waals surface area contributed by atoms with Crippen molar-refractivity contribution < 1.29 is 14.7 Å². The van der Waals surface area contributed by atoms with E-state index in [9.17, 15) is 14.7 Å². The molecule has 1 amide bonds. The van der Waals surface area contributed by atoms with Gasteiger partial charge in [0.25, 0.3) is 0 Å². The number of carbonyl (C=O) groups is 2. The van der Waals surface area contributed by atoms with Crippen molar-refractivity contribution in [3.63, 3.8) is 0 Å². The Labute approximate surface area is 202 Å². The molecule has 33 heavy (non-hydrogen) atoms. The van der Waals surface area contributed by atoms with Gasteiger partial charge in [-0.2, -0.15) is 0 Å². The molecule has 8 nitrogen and oxygen atoms in total. The molecular weight excluding hydrogens is 418 g/mol.